The predicted molar refractivity (Wildman–Crippen MR) is 84.7 cm³/mol. The van der Waals surface area contributed by atoms with Gasteiger partial charge in [0.2, 0.25) is 5.91 Å². The maximum absolute atomic E-state index is 12.7. The van der Waals surface area contributed by atoms with Gasteiger partial charge in [-0.3, -0.25) is 9.59 Å². The van der Waals surface area contributed by atoms with Crippen molar-refractivity contribution in [3.63, 3.8) is 0 Å². The van der Waals surface area contributed by atoms with Gasteiger partial charge in [-0.25, -0.2) is 4.98 Å². The van der Waals surface area contributed by atoms with Gasteiger partial charge >= 0.3 is 0 Å². The Labute approximate surface area is 131 Å². The molecule has 1 amide bonds. The Morgan fingerprint density at radius 2 is 1.95 bits per heavy atom. The molecular weight excluding hydrogens is 278 g/mol. The minimum absolute atomic E-state index is 0.0913. The van der Waals surface area contributed by atoms with Crippen molar-refractivity contribution in [3.05, 3.63) is 27.4 Å². The summed E-state index contributed by atoms with van der Waals surface area (Å²) in [6, 6.07) is 0.396. The van der Waals surface area contributed by atoms with Gasteiger partial charge in [0.1, 0.15) is 5.82 Å². The number of nitrogens with one attached hydrogen (secondary N) is 1. The highest BCUT2D eigenvalue weighted by atomic mass is 16.2. The fourth-order valence-electron chi connectivity index (χ4n) is 4.15. The molecule has 2 heterocycles. The quantitative estimate of drug-likeness (QED) is 0.930. The lowest BCUT2D eigenvalue weighted by atomic mass is 9.95. The Kier molecular flexibility index (Phi) is 4.32. The summed E-state index contributed by atoms with van der Waals surface area (Å²) in [7, 11) is 0. The Morgan fingerprint density at radius 1 is 1.23 bits per heavy atom. The van der Waals surface area contributed by atoms with E-state index in [1.807, 2.05) is 11.8 Å². The Morgan fingerprint density at radius 3 is 2.64 bits per heavy atom. The van der Waals surface area contributed by atoms with Gasteiger partial charge in [-0.2, -0.15) is 0 Å². The highest BCUT2D eigenvalue weighted by Gasteiger charge is 2.36. The van der Waals surface area contributed by atoms with E-state index in [2.05, 4.69) is 9.97 Å². The number of hydrogen-bond donors (Lipinski definition) is 1. The zero-order chi connectivity index (χ0) is 15.7. The van der Waals surface area contributed by atoms with Crippen LogP contribution < -0.4 is 5.56 Å². The molecule has 22 heavy (non-hydrogen) atoms. The van der Waals surface area contributed by atoms with Gasteiger partial charge in [-0.1, -0.05) is 12.8 Å². The van der Waals surface area contributed by atoms with E-state index in [0.29, 0.717) is 29.0 Å². The number of rotatable bonds is 3. The van der Waals surface area contributed by atoms with Crippen molar-refractivity contribution in [3.8, 4) is 0 Å². The molecule has 1 saturated carbocycles. The van der Waals surface area contributed by atoms with Crippen LogP contribution in [0.25, 0.3) is 0 Å². The van der Waals surface area contributed by atoms with E-state index >= 15 is 0 Å². The molecule has 5 nitrogen and oxygen atoms in total. The molecule has 0 radical (unpaired) electrons. The van der Waals surface area contributed by atoms with Crippen LogP contribution in [-0.4, -0.2) is 33.4 Å². The number of carbonyl (C=O) groups is 1. The minimum atomic E-state index is -0.171. The van der Waals surface area contributed by atoms with E-state index in [4.69, 9.17) is 0 Å². The molecule has 1 aromatic rings. The Balaban J connectivity index is 1.75. The molecule has 5 heteroatoms. The highest BCUT2D eigenvalue weighted by Crippen LogP contribution is 2.35. The standard InChI is InChI=1S/C17H25N3O2/c1-11-14(17(22)19-12(2)18-11)10-16(21)20-9-5-8-15(20)13-6-3-4-7-13/h13,15H,3-10H2,1-2H3,(H,18,19,22)/t15-/m0/s1. The number of H-pyrrole nitrogens is 1. The second kappa shape index (κ2) is 6.23. The van der Waals surface area contributed by atoms with Gasteiger partial charge in [0.15, 0.2) is 0 Å². The van der Waals surface area contributed by atoms with E-state index in [0.717, 1.165) is 19.4 Å². The van der Waals surface area contributed by atoms with Crippen molar-refractivity contribution in [1.82, 2.24) is 14.9 Å². The van der Waals surface area contributed by atoms with Gasteiger partial charge in [0.25, 0.3) is 5.56 Å². The van der Waals surface area contributed by atoms with Crippen LogP contribution in [0, 0.1) is 19.8 Å². The van der Waals surface area contributed by atoms with Crippen LogP contribution in [-0.2, 0) is 11.2 Å². The van der Waals surface area contributed by atoms with Gasteiger partial charge in [-0.15, -0.1) is 0 Å². The van der Waals surface area contributed by atoms with Crippen molar-refractivity contribution in [1.29, 1.82) is 0 Å². The maximum Gasteiger partial charge on any atom is 0.254 e. The van der Waals surface area contributed by atoms with E-state index in [-0.39, 0.29) is 17.9 Å². The third-order valence-corrected chi connectivity index (χ3v) is 5.23. The zero-order valence-electron chi connectivity index (χ0n) is 13.5. The van der Waals surface area contributed by atoms with E-state index in [1.165, 1.54) is 25.7 Å². The summed E-state index contributed by atoms with van der Waals surface area (Å²) in [6.07, 6.45) is 7.48. The second-order valence-corrected chi connectivity index (χ2v) is 6.73. The first kappa shape index (κ1) is 15.3. The monoisotopic (exact) mass is 303 g/mol. The highest BCUT2D eigenvalue weighted by molar-refractivity contribution is 5.79. The molecule has 3 rings (SSSR count). The van der Waals surface area contributed by atoms with E-state index in [1.54, 1.807) is 6.92 Å². The number of amides is 1. The predicted octanol–water partition coefficient (Wildman–Crippen LogP) is 2.11. The molecule has 0 spiro atoms. The van der Waals surface area contributed by atoms with E-state index < -0.39 is 0 Å². The number of hydrogen-bond acceptors (Lipinski definition) is 3. The largest absolute Gasteiger partial charge is 0.339 e. The summed E-state index contributed by atoms with van der Waals surface area (Å²) >= 11 is 0. The van der Waals surface area contributed by atoms with Crippen molar-refractivity contribution in [2.45, 2.75) is 64.8 Å². The van der Waals surface area contributed by atoms with Crippen LogP contribution in [0.1, 0.15) is 55.6 Å². The molecule has 0 bridgehead atoms. The Bertz CT molecular complexity index is 617. The average Bonchev–Trinajstić information content (AvgIpc) is 3.11. The van der Waals surface area contributed by atoms with Crippen molar-refractivity contribution < 1.29 is 4.79 Å². The number of nitrogens with zero attached hydrogens (tertiary/aromatic N) is 2. The lowest BCUT2D eigenvalue weighted by Crippen LogP contribution is -2.41. The summed E-state index contributed by atoms with van der Waals surface area (Å²) < 4.78 is 0. The van der Waals surface area contributed by atoms with Crippen LogP contribution in [0.4, 0.5) is 0 Å². The van der Waals surface area contributed by atoms with Crippen LogP contribution in [0.5, 0.6) is 0 Å². The normalized spacial score (nSPS) is 22.5. The van der Waals surface area contributed by atoms with E-state index in [9.17, 15) is 9.59 Å². The molecule has 1 atom stereocenters. The molecule has 1 saturated heterocycles. The molecule has 1 aliphatic heterocycles. The molecule has 1 N–H and O–H groups in total. The maximum atomic E-state index is 12.7. The van der Waals surface area contributed by atoms with Crippen LogP contribution in [0.15, 0.2) is 4.79 Å². The molecule has 0 unspecified atom stereocenters. The summed E-state index contributed by atoms with van der Waals surface area (Å²) in [4.78, 5) is 33.8. The lowest BCUT2D eigenvalue weighted by Gasteiger charge is -2.29. The first-order valence-electron chi connectivity index (χ1n) is 8.42. The van der Waals surface area contributed by atoms with Gasteiger partial charge in [0.05, 0.1) is 6.42 Å². The SMILES string of the molecule is Cc1nc(C)c(CC(=O)N2CCC[C@H]2C2CCCC2)c(=O)[nH]1. The molecule has 1 aromatic heterocycles. The number of aromatic amines is 1. The summed E-state index contributed by atoms with van der Waals surface area (Å²) in [5.41, 5.74) is 1.02. The first-order valence-corrected chi connectivity index (χ1v) is 8.42. The fraction of sp³-hybridized carbons (Fsp3) is 0.706. The first-order chi connectivity index (χ1) is 10.6. The third-order valence-electron chi connectivity index (χ3n) is 5.23. The topological polar surface area (TPSA) is 66.1 Å². The van der Waals surface area contributed by atoms with Crippen molar-refractivity contribution >= 4 is 5.91 Å². The third kappa shape index (κ3) is 2.94. The lowest BCUT2D eigenvalue weighted by molar-refractivity contribution is -0.132. The average molecular weight is 303 g/mol. The minimum Gasteiger partial charge on any atom is -0.339 e. The molecule has 1 aliphatic carbocycles. The molecule has 2 fully saturated rings. The number of aromatic nitrogens is 2. The Hall–Kier alpha value is -1.65. The molecular formula is C17H25N3O2. The fourth-order valence-corrected chi connectivity index (χ4v) is 4.15. The van der Waals surface area contributed by atoms with Gasteiger partial charge in [0, 0.05) is 23.8 Å². The second-order valence-electron chi connectivity index (χ2n) is 6.73. The summed E-state index contributed by atoms with van der Waals surface area (Å²) in [6.45, 7) is 4.41. The van der Waals surface area contributed by atoms with Gasteiger partial charge in [-0.05, 0) is 45.4 Å². The summed E-state index contributed by atoms with van der Waals surface area (Å²) in [5.74, 6) is 1.36. The van der Waals surface area contributed by atoms with Gasteiger partial charge < -0.3 is 9.88 Å². The molecule has 2 aliphatic rings. The molecule has 0 aromatic carbocycles. The van der Waals surface area contributed by atoms with Crippen molar-refractivity contribution in [2.75, 3.05) is 6.54 Å². The van der Waals surface area contributed by atoms with Crippen LogP contribution >= 0.6 is 0 Å². The summed E-state index contributed by atoms with van der Waals surface area (Å²) in [5, 5.41) is 0. The number of likely N-dealkylation sites (tertiary alicyclic amines) is 1. The smallest absolute Gasteiger partial charge is 0.254 e. The van der Waals surface area contributed by atoms with Crippen LogP contribution in [0.3, 0.4) is 0 Å². The molecule has 120 valence electrons. The zero-order valence-corrected chi connectivity index (χ0v) is 13.5. The number of aryl methyl sites for hydroxylation is 2. The van der Waals surface area contributed by atoms with Crippen LogP contribution in [0.2, 0.25) is 0 Å². The number of carbonyl (C=O) groups excluding carboxylic acids is 1. The van der Waals surface area contributed by atoms with Crippen molar-refractivity contribution in [2.24, 2.45) is 5.92 Å².